The molecule has 2 aliphatic rings. The van der Waals surface area contributed by atoms with Crippen molar-refractivity contribution in [2.24, 2.45) is 17.3 Å². The van der Waals surface area contributed by atoms with Crippen molar-refractivity contribution in [3.8, 4) is 6.07 Å². The largest absolute Gasteiger partial charge is 0.475 e. The number of likely N-dealkylation sites (tertiary alicyclic amines) is 1. The molecule has 1 aromatic carbocycles. The summed E-state index contributed by atoms with van der Waals surface area (Å²) in [5.41, 5.74) is 0.627. The van der Waals surface area contributed by atoms with Gasteiger partial charge >= 0.3 is 13.2 Å². The van der Waals surface area contributed by atoms with Crippen LogP contribution in [0.5, 0.6) is 0 Å². The molecule has 1 aromatic rings. The number of piperidine rings is 1. The lowest BCUT2D eigenvalue weighted by Gasteiger charge is -2.28. The Labute approximate surface area is 189 Å². The van der Waals surface area contributed by atoms with E-state index in [2.05, 4.69) is 5.32 Å². The van der Waals surface area contributed by atoms with E-state index in [-0.39, 0.29) is 41.9 Å². The Bertz CT molecular complexity index is 906. The zero-order chi connectivity index (χ0) is 23.5. The van der Waals surface area contributed by atoms with Gasteiger partial charge < -0.3 is 25.0 Å². The topological polar surface area (TPSA) is 123 Å². The van der Waals surface area contributed by atoms with Crippen LogP contribution in [0.4, 0.5) is 4.79 Å². The summed E-state index contributed by atoms with van der Waals surface area (Å²) in [6, 6.07) is 10.9. The van der Waals surface area contributed by atoms with Crippen LogP contribution in [0.3, 0.4) is 0 Å². The number of allylic oxidation sites excluding steroid dienone is 1. The maximum atomic E-state index is 13.0. The van der Waals surface area contributed by atoms with Crippen LogP contribution in [-0.2, 0) is 16.0 Å². The van der Waals surface area contributed by atoms with Crippen LogP contribution in [0.2, 0.25) is 0 Å². The first-order valence-electron chi connectivity index (χ1n) is 10.9. The van der Waals surface area contributed by atoms with Gasteiger partial charge in [0.15, 0.2) is 0 Å². The first-order valence-corrected chi connectivity index (χ1v) is 10.9. The minimum Gasteiger partial charge on any atom is -0.447 e. The smallest absolute Gasteiger partial charge is 0.447 e. The molecule has 1 aliphatic carbocycles. The molecule has 0 bridgehead atoms. The lowest BCUT2D eigenvalue weighted by molar-refractivity contribution is -0.129. The van der Waals surface area contributed by atoms with Crippen LogP contribution in [0.15, 0.2) is 42.0 Å². The molecule has 2 amide bonds. The molecule has 0 spiro atoms. The average Bonchev–Trinajstić information content (AvgIpc) is 3.41. The van der Waals surface area contributed by atoms with Gasteiger partial charge in [-0.3, -0.25) is 4.79 Å². The van der Waals surface area contributed by atoms with Crippen molar-refractivity contribution >= 4 is 19.1 Å². The number of carbonyl (C=O) groups excluding carboxylic acids is 2. The van der Waals surface area contributed by atoms with Gasteiger partial charge in [0.2, 0.25) is 0 Å². The van der Waals surface area contributed by atoms with E-state index in [1.807, 2.05) is 57.2 Å². The summed E-state index contributed by atoms with van der Waals surface area (Å²) in [6.07, 6.45) is 2.09. The molecule has 9 heteroatoms. The number of carbonyl (C=O) groups is 2. The second kappa shape index (κ2) is 9.76. The fraction of sp³-hybridized carbons (Fsp3) is 0.522. The molecule has 8 nitrogen and oxygen atoms in total. The number of hydrogen-bond donors (Lipinski definition) is 3. The van der Waals surface area contributed by atoms with Crippen molar-refractivity contribution in [2.75, 3.05) is 13.2 Å². The molecule has 3 rings (SSSR count). The molecule has 0 aromatic heterocycles. The second-order valence-corrected chi connectivity index (χ2v) is 9.67. The summed E-state index contributed by atoms with van der Waals surface area (Å²) in [5.74, 6) is -0.642. The van der Waals surface area contributed by atoms with E-state index in [4.69, 9.17) is 4.74 Å². The SMILES string of the molecule is CC(C)(C)C=C(C#N)C(=O)N1C[C@H]2C[C@H]2[C@H]1COC(=O)N[C@@H](Cc1ccccc1)B(O)O. The third-order valence-corrected chi connectivity index (χ3v) is 5.84. The summed E-state index contributed by atoms with van der Waals surface area (Å²) < 4.78 is 5.37. The summed E-state index contributed by atoms with van der Waals surface area (Å²) in [6.45, 7) is 6.31. The Kier molecular flexibility index (Phi) is 7.27. The van der Waals surface area contributed by atoms with E-state index in [1.165, 1.54) is 0 Å². The van der Waals surface area contributed by atoms with Crippen molar-refractivity contribution in [3.63, 3.8) is 0 Å². The fourth-order valence-electron chi connectivity index (χ4n) is 4.20. The molecule has 3 N–H and O–H groups in total. The molecular formula is C23H30BN3O5. The number of nitriles is 1. The Morgan fingerprint density at radius 2 is 2.03 bits per heavy atom. The number of benzene rings is 1. The van der Waals surface area contributed by atoms with Crippen LogP contribution in [0.1, 0.15) is 32.8 Å². The van der Waals surface area contributed by atoms with Crippen LogP contribution in [0.25, 0.3) is 0 Å². The van der Waals surface area contributed by atoms with Crippen LogP contribution in [0, 0.1) is 28.6 Å². The number of rotatable bonds is 7. The molecule has 4 atom stereocenters. The van der Waals surface area contributed by atoms with Gasteiger partial charge in [0, 0.05) is 6.54 Å². The monoisotopic (exact) mass is 439 g/mol. The van der Waals surface area contributed by atoms with E-state index in [0.29, 0.717) is 12.5 Å². The van der Waals surface area contributed by atoms with E-state index >= 15 is 0 Å². The molecule has 0 unspecified atom stereocenters. The van der Waals surface area contributed by atoms with Crippen molar-refractivity contribution in [1.82, 2.24) is 10.2 Å². The van der Waals surface area contributed by atoms with Crippen LogP contribution >= 0.6 is 0 Å². The summed E-state index contributed by atoms with van der Waals surface area (Å²) >= 11 is 0. The summed E-state index contributed by atoms with van der Waals surface area (Å²) in [7, 11) is -1.75. The maximum Gasteiger partial charge on any atom is 0.475 e. The standard InChI is InChI=1S/C23H30BN3O5/c1-23(2,3)11-17(12-25)21(28)27-13-16-10-18(16)19(27)14-32-22(29)26-20(24(30)31)9-15-7-5-4-6-8-15/h4-8,11,16,18-20,30-31H,9-10,13-14H2,1-3H3,(H,26,29)/t16-,18-,19-,20+/m1/s1. The molecule has 1 saturated heterocycles. The van der Waals surface area contributed by atoms with Crippen LogP contribution in [-0.4, -0.2) is 59.2 Å². The van der Waals surface area contributed by atoms with Gasteiger partial charge in [-0.05, 0) is 35.7 Å². The van der Waals surface area contributed by atoms with E-state index in [1.54, 1.807) is 11.0 Å². The minimum absolute atomic E-state index is 0.00739. The number of alkyl carbamates (subject to hydrolysis) is 1. The zero-order valence-electron chi connectivity index (χ0n) is 18.7. The quantitative estimate of drug-likeness (QED) is 0.338. The second-order valence-electron chi connectivity index (χ2n) is 9.67. The number of amides is 2. The van der Waals surface area contributed by atoms with Crippen molar-refractivity contribution in [3.05, 3.63) is 47.5 Å². The Balaban J connectivity index is 1.59. The van der Waals surface area contributed by atoms with Crippen LogP contribution < -0.4 is 5.32 Å². The van der Waals surface area contributed by atoms with Gasteiger partial charge in [0.25, 0.3) is 5.91 Å². The van der Waals surface area contributed by atoms with E-state index < -0.39 is 19.2 Å². The van der Waals surface area contributed by atoms with Gasteiger partial charge in [0.1, 0.15) is 18.2 Å². The number of hydrogen-bond acceptors (Lipinski definition) is 6. The lowest BCUT2D eigenvalue weighted by atomic mass is 9.76. The zero-order valence-corrected chi connectivity index (χ0v) is 18.7. The van der Waals surface area contributed by atoms with Gasteiger partial charge in [-0.1, -0.05) is 57.2 Å². The summed E-state index contributed by atoms with van der Waals surface area (Å²) in [5, 5.41) is 31.2. The number of ether oxygens (including phenoxy) is 1. The molecule has 0 radical (unpaired) electrons. The third-order valence-electron chi connectivity index (χ3n) is 5.84. The van der Waals surface area contributed by atoms with E-state index in [9.17, 15) is 24.9 Å². The predicted octanol–water partition coefficient (Wildman–Crippen LogP) is 1.68. The first kappa shape index (κ1) is 23.8. The highest BCUT2D eigenvalue weighted by Crippen LogP contribution is 2.50. The highest BCUT2D eigenvalue weighted by Gasteiger charge is 2.54. The third kappa shape index (κ3) is 6.12. The highest BCUT2D eigenvalue weighted by molar-refractivity contribution is 6.43. The predicted molar refractivity (Wildman–Crippen MR) is 119 cm³/mol. The Morgan fingerprint density at radius 3 is 2.62 bits per heavy atom. The minimum atomic E-state index is -1.75. The molecule has 2 fully saturated rings. The highest BCUT2D eigenvalue weighted by atomic mass is 16.5. The molecule has 1 heterocycles. The average molecular weight is 439 g/mol. The number of nitrogens with one attached hydrogen (secondary N) is 1. The Hall–Kier alpha value is -2.83. The molecular weight excluding hydrogens is 409 g/mol. The van der Waals surface area contributed by atoms with Gasteiger partial charge in [0.05, 0.1) is 12.0 Å². The molecule has 170 valence electrons. The molecule has 1 saturated carbocycles. The number of fused-ring (bicyclic) bond motifs is 1. The van der Waals surface area contributed by atoms with Crippen molar-refractivity contribution in [1.29, 1.82) is 5.26 Å². The lowest BCUT2D eigenvalue weighted by Crippen LogP contribution is -2.49. The number of nitrogens with zero attached hydrogens (tertiary/aromatic N) is 2. The van der Waals surface area contributed by atoms with Crippen molar-refractivity contribution < 1.29 is 24.4 Å². The van der Waals surface area contributed by atoms with Gasteiger partial charge in [-0.25, -0.2) is 4.79 Å². The molecule has 32 heavy (non-hydrogen) atoms. The van der Waals surface area contributed by atoms with Gasteiger partial charge in [-0.2, -0.15) is 5.26 Å². The fourth-order valence-corrected chi connectivity index (χ4v) is 4.20. The maximum absolute atomic E-state index is 13.0. The van der Waals surface area contributed by atoms with Gasteiger partial charge in [-0.15, -0.1) is 0 Å². The van der Waals surface area contributed by atoms with E-state index in [0.717, 1.165) is 12.0 Å². The first-order chi connectivity index (χ1) is 15.1. The Morgan fingerprint density at radius 1 is 1.34 bits per heavy atom. The normalized spacial score (nSPS) is 23.1. The summed E-state index contributed by atoms with van der Waals surface area (Å²) in [4.78, 5) is 26.9. The van der Waals surface area contributed by atoms with Crippen molar-refractivity contribution in [2.45, 2.75) is 45.6 Å². The molecule has 1 aliphatic heterocycles.